The molecular weight excluding hydrogens is 224 g/mol. The first-order valence-corrected chi connectivity index (χ1v) is 7.31. The van der Waals surface area contributed by atoms with Crippen molar-refractivity contribution in [3.63, 3.8) is 0 Å². The Hall–Kier alpha value is -0.830. The topological polar surface area (TPSA) is 38.0 Å². The van der Waals surface area contributed by atoms with E-state index in [4.69, 9.17) is 0 Å². The fourth-order valence-corrected chi connectivity index (χ4v) is 3.20. The maximum Gasteiger partial charge on any atom is 0.140 e. The first-order chi connectivity index (χ1) is 8.57. The Morgan fingerprint density at radius 1 is 1.56 bits per heavy atom. The minimum Gasteiger partial charge on any atom is -0.382 e. The molecule has 1 fully saturated rings. The number of hydrogen-bond donors (Lipinski definition) is 1. The Kier molecular flexibility index (Phi) is 4.10. The van der Waals surface area contributed by atoms with Crippen molar-refractivity contribution in [3.05, 3.63) is 18.2 Å². The number of aromatic nitrogens is 2. The van der Waals surface area contributed by atoms with Crippen LogP contribution in [0.4, 0.5) is 0 Å². The third-order valence-corrected chi connectivity index (χ3v) is 4.30. The van der Waals surface area contributed by atoms with Crippen molar-refractivity contribution in [2.45, 2.75) is 65.0 Å². The molecule has 0 amide bonds. The van der Waals surface area contributed by atoms with Crippen LogP contribution >= 0.6 is 0 Å². The Morgan fingerprint density at radius 3 is 3.00 bits per heavy atom. The van der Waals surface area contributed by atoms with Gasteiger partial charge in [0.1, 0.15) is 11.4 Å². The summed E-state index contributed by atoms with van der Waals surface area (Å²) in [5.74, 6) is 2.15. The van der Waals surface area contributed by atoms with Crippen LogP contribution in [-0.2, 0) is 12.1 Å². The number of aliphatic hydroxyl groups is 1. The highest BCUT2D eigenvalue weighted by atomic mass is 16.3. The lowest BCUT2D eigenvalue weighted by Crippen LogP contribution is -2.37. The van der Waals surface area contributed by atoms with E-state index in [0.29, 0.717) is 11.8 Å². The van der Waals surface area contributed by atoms with Gasteiger partial charge in [-0.3, -0.25) is 0 Å². The lowest BCUT2D eigenvalue weighted by atomic mass is 9.73. The number of rotatable bonds is 4. The Balaban J connectivity index is 2.21. The van der Waals surface area contributed by atoms with Crippen molar-refractivity contribution in [3.8, 4) is 0 Å². The first kappa shape index (κ1) is 13.6. The normalized spacial score (nSPS) is 28.8. The molecule has 2 atom stereocenters. The van der Waals surface area contributed by atoms with Crippen molar-refractivity contribution >= 4 is 0 Å². The highest BCUT2D eigenvalue weighted by Crippen LogP contribution is 2.41. The van der Waals surface area contributed by atoms with Gasteiger partial charge in [-0.2, -0.15) is 0 Å². The van der Waals surface area contributed by atoms with Crippen LogP contribution in [0.25, 0.3) is 0 Å². The highest BCUT2D eigenvalue weighted by molar-refractivity contribution is 5.07. The van der Waals surface area contributed by atoms with Crippen LogP contribution in [0.2, 0.25) is 0 Å². The van der Waals surface area contributed by atoms with Crippen molar-refractivity contribution < 1.29 is 5.11 Å². The molecule has 3 heteroatoms. The van der Waals surface area contributed by atoms with Gasteiger partial charge in [-0.15, -0.1) is 0 Å². The standard InChI is InChI=1S/C15H26N2O/c1-4-9-17-10-8-16-14(17)15(18)7-5-6-13(11-15)12(2)3/h8,10,12-13,18H,4-7,9,11H2,1-3H3. The van der Waals surface area contributed by atoms with E-state index in [1.54, 1.807) is 0 Å². The average Bonchev–Trinajstić information content (AvgIpc) is 2.78. The zero-order valence-electron chi connectivity index (χ0n) is 11.9. The fourth-order valence-electron chi connectivity index (χ4n) is 3.20. The molecule has 0 aromatic carbocycles. The summed E-state index contributed by atoms with van der Waals surface area (Å²) in [7, 11) is 0. The monoisotopic (exact) mass is 250 g/mol. The number of imidazole rings is 1. The maximum absolute atomic E-state index is 11.0. The molecule has 2 rings (SSSR count). The van der Waals surface area contributed by atoms with Gasteiger partial charge in [0.2, 0.25) is 0 Å². The van der Waals surface area contributed by atoms with Gasteiger partial charge in [0.05, 0.1) is 0 Å². The minimum absolute atomic E-state index is 0.621. The molecule has 1 aromatic heterocycles. The molecule has 18 heavy (non-hydrogen) atoms. The molecule has 3 nitrogen and oxygen atoms in total. The van der Waals surface area contributed by atoms with Gasteiger partial charge < -0.3 is 9.67 Å². The molecular formula is C15H26N2O. The molecule has 0 saturated heterocycles. The zero-order valence-corrected chi connectivity index (χ0v) is 11.9. The summed E-state index contributed by atoms with van der Waals surface area (Å²) < 4.78 is 2.13. The summed E-state index contributed by atoms with van der Waals surface area (Å²) in [6, 6.07) is 0. The van der Waals surface area contributed by atoms with Gasteiger partial charge in [0.25, 0.3) is 0 Å². The van der Waals surface area contributed by atoms with Crippen LogP contribution in [0.1, 0.15) is 58.7 Å². The predicted molar refractivity (Wildman–Crippen MR) is 73.2 cm³/mol. The molecule has 1 saturated carbocycles. The van der Waals surface area contributed by atoms with Crippen molar-refractivity contribution in [1.82, 2.24) is 9.55 Å². The SMILES string of the molecule is CCCn1ccnc1C1(O)CCCC(C(C)C)C1. The molecule has 0 radical (unpaired) electrons. The van der Waals surface area contributed by atoms with E-state index in [0.717, 1.165) is 38.1 Å². The Bertz CT molecular complexity index is 386. The second-order valence-electron chi connectivity index (χ2n) is 6.08. The van der Waals surface area contributed by atoms with Gasteiger partial charge in [-0.25, -0.2) is 4.98 Å². The van der Waals surface area contributed by atoms with Crippen molar-refractivity contribution in [1.29, 1.82) is 0 Å². The molecule has 1 aromatic rings. The Labute approximate surface area is 110 Å². The summed E-state index contributed by atoms with van der Waals surface area (Å²) in [6.45, 7) is 7.62. The first-order valence-electron chi connectivity index (χ1n) is 7.31. The zero-order chi connectivity index (χ0) is 13.2. The predicted octanol–water partition coefficient (Wildman–Crippen LogP) is 3.33. The molecule has 1 heterocycles. The molecule has 102 valence electrons. The smallest absolute Gasteiger partial charge is 0.140 e. The van der Waals surface area contributed by atoms with E-state index in [2.05, 4.69) is 30.3 Å². The average molecular weight is 250 g/mol. The van der Waals surface area contributed by atoms with Crippen LogP contribution in [0, 0.1) is 11.8 Å². The van der Waals surface area contributed by atoms with Gasteiger partial charge in [-0.05, 0) is 43.9 Å². The van der Waals surface area contributed by atoms with Gasteiger partial charge >= 0.3 is 0 Å². The van der Waals surface area contributed by atoms with Crippen LogP contribution in [0.3, 0.4) is 0 Å². The second kappa shape index (κ2) is 5.43. The summed E-state index contributed by atoms with van der Waals surface area (Å²) in [4.78, 5) is 4.44. The molecule has 1 aliphatic carbocycles. The summed E-state index contributed by atoms with van der Waals surface area (Å²) >= 11 is 0. The molecule has 1 aliphatic rings. The van der Waals surface area contributed by atoms with E-state index in [1.807, 2.05) is 12.4 Å². The van der Waals surface area contributed by atoms with E-state index in [1.165, 1.54) is 6.42 Å². The van der Waals surface area contributed by atoms with E-state index in [-0.39, 0.29) is 0 Å². The summed E-state index contributed by atoms with van der Waals surface area (Å²) in [5, 5.41) is 11.0. The van der Waals surface area contributed by atoms with Crippen molar-refractivity contribution in [2.24, 2.45) is 11.8 Å². The number of nitrogens with zero attached hydrogens (tertiary/aromatic N) is 2. The molecule has 1 N–H and O–H groups in total. The van der Waals surface area contributed by atoms with Crippen LogP contribution in [0.5, 0.6) is 0 Å². The number of hydrogen-bond acceptors (Lipinski definition) is 2. The summed E-state index contributed by atoms with van der Waals surface area (Å²) in [5.41, 5.74) is -0.703. The van der Waals surface area contributed by atoms with Gasteiger partial charge in [-0.1, -0.05) is 20.8 Å². The van der Waals surface area contributed by atoms with Gasteiger partial charge in [0, 0.05) is 18.9 Å². The fraction of sp³-hybridized carbons (Fsp3) is 0.800. The number of aryl methyl sites for hydroxylation is 1. The molecule has 2 unspecified atom stereocenters. The van der Waals surface area contributed by atoms with E-state index in [9.17, 15) is 5.11 Å². The molecule has 0 spiro atoms. The lowest BCUT2D eigenvalue weighted by molar-refractivity contribution is -0.0393. The van der Waals surface area contributed by atoms with Crippen LogP contribution in [-0.4, -0.2) is 14.7 Å². The van der Waals surface area contributed by atoms with E-state index < -0.39 is 5.60 Å². The van der Waals surface area contributed by atoms with Crippen LogP contribution < -0.4 is 0 Å². The third-order valence-electron chi connectivity index (χ3n) is 4.30. The summed E-state index contributed by atoms with van der Waals surface area (Å²) in [6.07, 6.45) is 8.97. The highest BCUT2D eigenvalue weighted by Gasteiger charge is 2.39. The van der Waals surface area contributed by atoms with Crippen LogP contribution in [0.15, 0.2) is 12.4 Å². The van der Waals surface area contributed by atoms with E-state index >= 15 is 0 Å². The van der Waals surface area contributed by atoms with Crippen molar-refractivity contribution in [2.75, 3.05) is 0 Å². The van der Waals surface area contributed by atoms with Gasteiger partial charge in [0.15, 0.2) is 0 Å². The molecule has 0 aliphatic heterocycles. The third kappa shape index (κ3) is 2.61. The second-order valence-corrected chi connectivity index (χ2v) is 6.08. The lowest BCUT2D eigenvalue weighted by Gasteiger charge is -2.38. The quantitative estimate of drug-likeness (QED) is 0.890. The molecule has 0 bridgehead atoms. The minimum atomic E-state index is -0.703. The maximum atomic E-state index is 11.0. The Morgan fingerprint density at radius 2 is 2.33 bits per heavy atom. The largest absolute Gasteiger partial charge is 0.382 e.